The van der Waals surface area contributed by atoms with Crippen LogP contribution in [0.2, 0.25) is 0 Å². The molecule has 3 heteroatoms. The van der Waals surface area contributed by atoms with Crippen LogP contribution in [0.25, 0.3) is 0 Å². The van der Waals surface area contributed by atoms with Crippen molar-refractivity contribution in [1.82, 2.24) is 4.90 Å². The summed E-state index contributed by atoms with van der Waals surface area (Å²) in [5, 5.41) is 0. The highest BCUT2D eigenvalue weighted by Gasteiger charge is 2.39. The highest BCUT2D eigenvalue weighted by Crippen LogP contribution is 2.30. The van der Waals surface area contributed by atoms with E-state index in [9.17, 15) is 4.79 Å². The zero-order chi connectivity index (χ0) is 7.14. The molecule has 2 aliphatic rings. The molecule has 10 heavy (non-hydrogen) atoms. The Bertz CT molecular complexity index is 165. The minimum Gasteiger partial charge on any atom is -0.444 e. The zero-order valence-corrected chi connectivity index (χ0v) is 6.04. The summed E-state index contributed by atoms with van der Waals surface area (Å²) in [4.78, 5) is 12.8. The lowest BCUT2D eigenvalue weighted by atomic mass is 10.4. The van der Waals surface area contributed by atoms with Gasteiger partial charge < -0.3 is 9.64 Å². The van der Waals surface area contributed by atoms with Crippen LogP contribution in [0.3, 0.4) is 0 Å². The van der Waals surface area contributed by atoms with Gasteiger partial charge in [0, 0.05) is 6.04 Å². The molecule has 1 saturated carbocycles. The highest BCUT2D eigenvalue weighted by atomic mass is 16.6. The van der Waals surface area contributed by atoms with E-state index in [4.69, 9.17) is 4.74 Å². The Hall–Kier alpha value is -0.730. The summed E-state index contributed by atoms with van der Waals surface area (Å²) < 4.78 is 4.96. The quantitative estimate of drug-likeness (QED) is 0.545. The Morgan fingerprint density at radius 2 is 2.30 bits per heavy atom. The van der Waals surface area contributed by atoms with Gasteiger partial charge in [0.25, 0.3) is 0 Å². The van der Waals surface area contributed by atoms with E-state index >= 15 is 0 Å². The summed E-state index contributed by atoms with van der Waals surface area (Å²) in [6, 6.07) is 0.512. The first-order chi connectivity index (χ1) is 4.77. The predicted octanol–water partition coefficient (Wildman–Crippen LogP) is 0.990. The van der Waals surface area contributed by atoms with Crippen LogP contribution in [-0.2, 0) is 4.74 Å². The first-order valence-corrected chi connectivity index (χ1v) is 3.74. The number of hydrogen-bond acceptors (Lipinski definition) is 2. The van der Waals surface area contributed by atoms with E-state index in [-0.39, 0.29) is 12.2 Å². The largest absolute Gasteiger partial charge is 0.444 e. The molecule has 0 aromatic rings. The second kappa shape index (κ2) is 1.87. The Kier molecular flexibility index (Phi) is 1.13. The SMILES string of the molecule is C[C@@H]1CN(C2CC2)C(=O)O1. The maximum absolute atomic E-state index is 11.0. The molecule has 1 atom stereocenters. The normalized spacial score (nSPS) is 32.7. The standard InChI is InChI=1S/C7H11NO2/c1-5-4-8(6-2-3-6)7(9)10-5/h5-6H,2-4H2,1H3/t5-/m1/s1. The predicted molar refractivity (Wildman–Crippen MR) is 35.7 cm³/mol. The van der Waals surface area contributed by atoms with Crippen LogP contribution in [0.5, 0.6) is 0 Å². The Morgan fingerprint density at radius 3 is 2.70 bits per heavy atom. The number of nitrogens with zero attached hydrogens (tertiary/aromatic N) is 1. The fraction of sp³-hybridized carbons (Fsp3) is 0.857. The van der Waals surface area contributed by atoms with E-state index in [0.717, 1.165) is 6.54 Å². The van der Waals surface area contributed by atoms with E-state index < -0.39 is 0 Å². The van der Waals surface area contributed by atoms with E-state index in [1.807, 2.05) is 11.8 Å². The van der Waals surface area contributed by atoms with Crippen molar-refractivity contribution in [3.05, 3.63) is 0 Å². The molecule has 0 spiro atoms. The van der Waals surface area contributed by atoms with Gasteiger partial charge in [0.15, 0.2) is 0 Å². The van der Waals surface area contributed by atoms with Gasteiger partial charge in [0.2, 0.25) is 0 Å². The second-order valence-corrected chi connectivity index (χ2v) is 3.08. The summed E-state index contributed by atoms with van der Waals surface area (Å²) in [7, 11) is 0. The molecule has 3 nitrogen and oxygen atoms in total. The van der Waals surface area contributed by atoms with Crippen molar-refractivity contribution in [3.8, 4) is 0 Å². The van der Waals surface area contributed by atoms with Crippen LogP contribution in [0.4, 0.5) is 4.79 Å². The molecule has 0 aromatic heterocycles. The van der Waals surface area contributed by atoms with Crippen molar-refractivity contribution in [3.63, 3.8) is 0 Å². The molecule has 0 N–H and O–H groups in total. The molecule has 0 bridgehead atoms. The van der Waals surface area contributed by atoms with Gasteiger partial charge in [-0.1, -0.05) is 0 Å². The smallest absolute Gasteiger partial charge is 0.410 e. The maximum Gasteiger partial charge on any atom is 0.410 e. The van der Waals surface area contributed by atoms with Crippen molar-refractivity contribution in [2.45, 2.75) is 31.9 Å². The summed E-state index contributed by atoms with van der Waals surface area (Å²) in [6.07, 6.45) is 2.33. The average Bonchev–Trinajstić information content (AvgIpc) is 2.61. The Morgan fingerprint density at radius 1 is 1.60 bits per heavy atom. The lowest BCUT2D eigenvalue weighted by Crippen LogP contribution is -2.26. The van der Waals surface area contributed by atoms with Gasteiger partial charge in [-0.05, 0) is 19.8 Å². The van der Waals surface area contributed by atoms with Crippen molar-refractivity contribution in [2.24, 2.45) is 0 Å². The number of ether oxygens (including phenoxy) is 1. The average molecular weight is 141 g/mol. The van der Waals surface area contributed by atoms with Gasteiger partial charge in [-0.15, -0.1) is 0 Å². The number of carbonyl (C=O) groups is 1. The van der Waals surface area contributed by atoms with E-state index in [1.54, 1.807) is 0 Å². The van der Waals surface area contributed by atoms with Crippen LogP contribution in [0.15, 0.2) is 0 Å². The zero-order valence-electron chi connectivity index (χ0n) is 6.04. The number of carbonyl (C=O) groups excluding carboxylic acids is 1. The molecule has 2 fully saturated rings. The third-order valence-electron chi connectivity index (χ3n) is 1.98. The van der Waals surface area contributed by atoms with Gasteiger partial charge in [-0.2, -0.15) is 0 Å². The Balaban J connectivity index is 2.01. The number of amides is 1. The number of rotatable bonds is 1. The molecule has 1 saturated heterocycles. The lowest BCUT2D eigenvalue weighted by Gasteiger charge is -2.09. The molecular weight excluding hydrogens is 130 g/mol. The molecule has 1 amide bonds. The topological polar surface area (TPSA) is 29.5 Å². The maximum atomic E-state index is 11.0. The van der Waals surface area contributed by atoms with E-state index in [1.165, 1.54) is 12.8 Å². The molecular formula is C7H11NO2. The lowest BCUT2D eigenvalue weighted by molar-refractivity contribution is 0.137. The van der Waals surface area contributed by atoms with Crippen LogP contribution in [0, 0.1) is 0 Å². The highest BCUT2D eigenvalue weighted by molar-refractivity contribution is 5.70. The van der Waals surface area contributed by atoms with Gasteiger partial charge in [0.05, 0.1) is 6.54 Å². The van der Waals surface area contributed by atoms with Crippen LogP contribution in [0.1, 0.15) is 19.8 Å². The summed E-state index contributed by atoms with van der Waals surface area (Å²) in [5.41, 5.74) is 0. The van der Waals surface area contributed by atoms with Gasteiger partial charge in [-0.25, -0.2) is 4.79 Å². The molecule has 56 valence electrons. The number of cyclic esters (lactones) is 1. The first-order valence-electron chi connectivity index (χ1n) is 3.74. The van der Waals surface area contributed by atoms with Gasteiger partial charge in [-0.3, -0.25) is 0 Å². The van der Waals surface area contributed by atoms with Crippen molar-refractivity contribution in [2.75, 3.05) is 6.54 Å². The van der Waals surface area contributed by atoms with Gasteiger partial charge in [0.1, 0.15) is 6.10 Å². The van der Waals surface area contributed by atoms with Crippen LogP contribution >= 0.6 is 0 Å². The third kappa shape index (κ3) is 0.856. The van der Waals surface area contributed by atoms with E-state index in [0.29, 0.717) is 6.04 Å². The summed E-state index contributed by atoms with van der Waals surface area (Å²) in [6.45, 7) is 2.73. The fourth-order valence-electron chi connectivity index (χ4n) is 1.31. The molecule has 1 aliphatic heterocycles. The van der Waals surface area contributed by atoms with Crippen molar-refractivity contribution < 1.29 is 9.53 Å². The summed E-state index contributed by atoms with van der Waals surface area (Å²) in [5.74, 6) is 0. The third-order valence-corrected chi connectivity index (χ3v) is 1.98. The fourth-order valence-corrected chi connectivity index (χ4v) is 1.31. The molecule has 1 aliphatic carbocycles. The van der Waals surface area contributed by atoms with Gasteiger partial charge >= 0.3 is 6.09 Å². The van der Waals surface area contributed by atoms with Crippen molar-refractivity contribution >= 4 is 6.09 Å². The van der Waals surface area contributed by atoms with Crippen LogP contribution in [-0.4, -0.2) is 29.7 Å². The van der Waals surface area contributed by atoms with E-state index in [2.05, 4.69) is 0 Å². The minimum atomic E-state index is -0.116. The monoisotopic (exact) mass is 141 g/mol. The molecule has 1 heterocycles. The second-order valence-electron chi connectivity index (χ2n) is 3.08. The van der Waals surface area contributed by atoms with Crippen LogP contribution < -0.4 is 0 Å². The molecule has 0 aromatic carbocycles. The molecule has 0 radical (unpaired) electrons. The Labute approximate surface area is 60.0 Å². The number of hydrogen-bond donors (Lipinski definition) is 0. The minimum absolute atomic E-state index is 0.105. The van der Waals surface area contributed by atoms with Crippen molar-refractivity contribution in [1.29, 1.82) is 0 Å². The molecule has 0 unspecified atom stereocenters. The first kappa shape index (κ1) is 6.01. The molecule has 2 rings (SSSR count). The summed E-state index contributed by atoms with van der Waals surface area (Å²) >= 11 is 0.